The standard InChI is InChI=1S/C31H47N5O3/c1-6-30(25-10-8-7-9-11-25)12-16-35(23-30)26-20-24(2)36(27(37)21-26)19-15-33-22-31(32)13-17-34(18-14-31)28(38)39-29(3,4)5/h7-11,20-21,33H,6,12-19,22-23,32H2,1-5H3/t30-/m1/s1. The first-order valence-corrected chi connectivity index (χ1v) is 14.4. The fourth-order valence-corrected chi connectivity index (χ4v) is 5.96. The molecule has 1 atom stereocenters. The first-order valence-electron chi connectivity index (χ1n) is 14.4. The van der Waals surface area contributed by atoms with Gasteiger partial charge in [-0.15, -0.1) is 0 Å². The number of hydrogen-bond acceptors (Lipinski definition) is 6. The first kappa shape index (κ1) is 29.2. The zero-order valence-corrected chi connectivity index (χ0v) is 24.5. The van der Waals surface area contributed by atoms with E-state index in [2.05, 4.69) is 53.5 Å². The van der Waals surface area contributed by atoms with Crippen LogP contribution < -0.4 is 21.5 Å². The number of carbonyl (C=O) groups is 1. The average molecular weight is 538 g/mol. The maximum Gasteiger partial charge on any atom is 0.410 e. The van der Waals surface area contributed by atoms with E-state index in [1.807, 2.05) is 32.3 Å². The number of ether oxygens (including phenoxy) is 1. The molecule has 0 bridgehead atoms. The van der Waals surface area contributed by atoms with E-state index < -0.39 is 5.60 Å². The molecule has 3 N–H and O–H groups in total. The lowest BCUT2D eigenvalue weighted by Crippen LogP contribution is -2.57. The van der Waals surface area contributed by atoms with Crippen LogP contribution in [0.2, 0.25) is 0 Å². The van der Waals surface area contributed by atoms with Crippen LogP contribution in [0.25, 0.3) is 0 Å². The number of nitrogens with zero attached hydrogens (tertiary/aromatic N) is 3. The number of nitrogens with one attached hydrogen (secondary N) is 1. The third kappa shape index (κ3) is 7.03. The Morgan fingerprint density at radius 2 is 1.77 bits per heavy atom. The van der Waals surface area contributed by atoms with Crippen molar-refractivity contribution in [3.63, 3.8) is 0 Å². The lowest BCUT2D eigenvalue weighted by Gasteiger charge is -2.39. The molecule has 1 amide bonds. The molecule has 2 aromatic rings. The fourth-order valence-electron chi connectivity index (χ4n) is 5.96. The Bertz CT molecular complexity index is 1180. The smallest absolute Gasteiger partial charge is 0.410 e. The van der Waals surface area contributed by atoms with E-state index in [-0.39, 0.29) is 22.6 Å². The van der Waals surface area contributed by atoms with Gasteiger partial charge in [-0.05, 0) is 65.0 Å². The molecule has 214 valence electrons. The number of carbonyl (C=O) groups excluding carboxylic acids is 1. The minimum atomic E-state index is -0.499. The van der Waals surface area contributed by atoms with Gasteiger partial charge < -0.3 is 30.2 Å². The van der Waals surface area contributed by atoms with Crippen molar-refractivity contribution >= 4 is 11.8 Å². The Labute approximate surface area is 233 Å². The number of amides is 1. The van der Waals surface area contributed by atoms with Crippen molar-refractivity contribution in [3.8, 4) is 0 Å². The van der Waals surface area contributed by atoms with Gasteiger partial charge in [-0.25, -0.2) is 4.79 Å². The van der Waals surface area contributed by atoms with Gasteiger partial charge in [-0.2, -0.15) is 0 Å². The molecule has 1 aromatic carbocycles. The van der Waals surface area contributed by atoms with Gasteiger partial charge in [0.05, 0.1) is 0 Å². The summed E-state index contributed by atoms with van der Waals surface area (Å²) in [7, 11) is 0. The minimum absolute atomic E-state index is 0.0358. The topological polar surface area (TPSA) is 92.8 Å². The molecule has 1 aromatic heterocycles. The van der Waals surface area contributed by atoms with Gasteiger partial charge in [0.1, 0.15) is 5.60 Å². The third-order valence-electron chi connectivity index (χ3n) is 8.50. The van der Waals surface area contributed by atoms with Crippen LogP contribution in [0.1, 0.15) is 64.6 Å². The average Bonchev–Trinajstić information content (AvgIpc) is 3.34. The van der Waals surface area contributed by atoms with Crippen molar-refractivity contribution in [2.45, 2.75) is 83.4 Å². The zero-order chi connectivity index (χ0) is 28.3. The molecule has 0 unspecified atom stereocenters. The summed E-state index contributed by atoms with van der Waals surface area (Å²) in [6, 6.07) is 14.7. The SMILES string of the molecule is CC[C@@]1(c2ccccc2)CCN(c2cc(C)n(CCNCC3(N)CCN(C(=O)OC(C)(C)C)CC3)c(=O)c2)C1. The molecule has 39 heavy (non-hydrogen) atoms. The minimum Gasteiger partial charge on any atom is -0.444 e. The molecule has 2 aliphatic heterocycles. The highest BCUT2D eigenvalue weighted by Gasteiger charge is 2.38. The van der Waals surface area contributed by atoms with E-state index in [9.17, 15) is 9.59 Å². The molecular formula is C31H47N5O3. The molecule has 0 radical (unpaired) electrons. The van der Waals surface area contributed by atoms with Crippen LogP contribution >= 0.6 is 0 Å². The number of piperidine rings is 1. The van der Waals surface area contributed by atoms with E-state index in [0.29, 0.717) is 45.6 Å². The Morgan fingerprint density at radius 3 is 2.38 bits per heavy atom. The molecule has 8 nitrogen and oxygen atoms in total. The normalized spacial score (nSPS) is 21.3. The highest BCUT2D eigenvalue weighted by Crippen LogP contribution is 2.39. The van der Waals surface area contributed by atoms with Gasteiger partial charge in [0.25, 0.3) is 5.56 Å². The molecular weight excluding hydrogens is 490 g/mol. The van der Waals surface area contributed by atoms with Crippen molar-refractivity contribution in [3.05, 3.63) is 64.1 Å². The van der Waals surface area contributed by atoms with Crippen LogP contribution in [0, 0.1) is 6.92 Å². The Kier molecular flexibility index (Phi) is 8.76. The number of likely N-dealkylation sites (tertiary alicyclic amines) is 1. The number of benzene rings is 1. The predicted molar refractivity (Wildman–Crippen MR) is 158 cm³/mol. The summed E-state index contributed by atoms with van der Waals surface area (Å²) in [6.45, 7) is 14.9. The fraction of sp³-hybridized carbons (Fsp3) is 0.613. The van der Waals surface area contributed by atoms with Crippen LogP contribution in [0.3, 0.4) is 0 Å². The number of anilines is 1. The second-order valence-corrected chi connectivity index (χ2v) is 12.5. The second-order valence-electron chi connectivity index (χ2n) is 12.5. The number of hydrogen-bond donors (Lipinski definition) is 2. The van der Waals surface area contributed by atoms with E-state index in [1.54, 1.807) is 11.0 Å². The zero-order valence-electron chi connectivity index (χ0n) is 24.5. The maximum absolute atomic E-state index is 13.1. The molecule has 0 saturated carbocycles. The third-order valence-corrected chi connectivity index (χ3v) is 8.50. The molecule has 3 heterocycles. The molecule has 4 rings (SSSR count). The van der Waals surface area contributed by atoms with Gasteiger partial charge in [0, 0.05) is 74.2 Å². The maximum atomic E-state index is 13.1. The Morgan fingerprint density at radius 1 is 1.08 bits per heavy atom. The summed E-state index contributed by atoms with van der Waals surface area (Å²) < 4.78 is 7.33. The van der Waals surface area contributed by atoms with Crippen LogP contribution in [0.15, 0.2) is 47.3 Å². The Hall–Kier alpha value is -2.84. The van der Waals surface area contributed by atoms with Gasteiger partial charge in [-0.1, -0.05) is 37.3 Å². The van der Waals surface area contributed by atoms with E-state index in [1.165, 1.54) is 5.56 Å². The summed E-state index contributed by atoms with van der Waals surface area (Å²) >= 11 is 0. The number of rotatable bonds is 8. The van der Waals surface area contributed by atoms with Crippen molar-refractivity contribution in [2.24, 2.45) is 5.73 Å². The number of aryl methyl sites for hydroxylation is 1. The number of nitrogens with two attached hydrogens (primary N) is 1. The molecule has 2 fully saturated rings. The first-order chi connectivity index (χ1) is 18.4. The highest BCUT2D eigenvalue weighted by atomic mass is 16.6. The second kappa shape index (κ2) is 11.7. The summed E-state index contributed by atoms with van der Waals surface area (Å²) in [6.07, 6.45) is 3.33. The molecule has 8 heteroatoms. The molecule has 0 spiro atoms. The van der Waals surface area contributed by atoms with Gasteiger partial charge >= 0.3 is 6.09 Å². The molecule has 2 saturated heterocycles. The van der Waals surface area contributed by atoms with E-state index in [0.717, 1.165) is 37.3 Å². The quantitative estimate of drug-likeness (QED) is 0.494. The Balaban J connectivity index is 1.29. The van der Waals surface area contributed by atoms with Gasteiger partial charge in [0.2, 0.25) is 0 Å². The lowest BCUT2D eigenvalue weighted by molar-refractivity contribution is 0.0168. The summed E-state index contributed by atoms with van der Waals surface area (Å²) in [5, 5.41) is 3.46. The largest absolute Gasteiger partial charge is 0.444 e. The highest BCUT2D eigenvalue weighted by molar-refractivity contribution is 5.68. The van der Waals surface area contributed by atoms with Crippen molar-refractivity contribution in [1.29, 1.82) is 0 Å². The monoisotopic (exact) mass is 537 g/mol. The van der Waals surface area contributed by atoms with Crippen molar-refractivity contribution in [1.82, 2.24) is 14.8 Å². The van der Waals surface area contributed by atoms with E-state index in [4.69, 9.17) is 10.5 Å². The number of pyridine rings is 1. The van der Waals surface area contributed by atoms with Crippen LogP contribution in [-0.4, -0.2) is 66.0 Å². The van der Waals surface area contributed by atoms with E-state index >= 15 is 0 Å². The predicted octanol–water partition coefficient (Wildman–Crippen LogP) is 4.03. The molecule has 0 aliphatic carbocycles. The number of aromatic nitrogens is 1. The van der Waals surface area contributed by atoms with Crippen LogP contribution in [-0.2, 0) is 16.7 Å². The van der Waals surface area contributed by atoms with Gasteiger partial charge in [-0.3, -0.25) is 4.79 Å². The van der Waals surface area contributed by atoms with Crippen molar-refractivity contribution in [2.75, 3.05) is 44.2 Å². The van der Waals surface area contributed by atoms with Crippen molar-refractivity contribution < 1.29 is 9.53 Å². The summed E-state index contributed by atoms with van der Waals surface area (Å²) in [5.74, 6) is 0. The van der Waals surface area contributed by atoms with Crippen LogP contribution in [0.4, 0.5) is 10.5 Å². The lowest BCUT2D eigenvalue weighted by atomic mass is 9.77. The van der Waals surface area contributed by atoms with Gasteiger partial charge in [0.15, 0.2) is 0 Å². The molecule has 2 aliphatic rings. The summed E-state index contributed by atoms with van der Waals surface area (Å²) in [4.78, 5) is 29.6. The van der Waals surface area contributed by atoms with Crippen LogP contribution in [0.5, 0.6) is 0 Å². The summed E-state index contributed by atoms with van der Waals surface area (Å²) in [5.41, 5.74) is 9.32.